The van der Waals surface area contributed by atoms with Crippen LogP contribution in [0.25, 0.3) is 0 Å². The number of nitrogen functional groups attached to an aromatic ring is 1. The van der Waals surface area contributed by atoms with Crippen molar-refractivity contribution in [3.8, 4) is 0 Å². The van der Waals surface area contributed by atoms with Gasteiger partial charge in [0.25, 0.3) is 10.1 Å². The molecule has 0 bridgehead atoms. The molecule has 7 nitrogen and oxygen atoms in total. The lowest BCUT2D eigenvalue weighted by atomic mass is 10.3. The van der Waals surface area contributed by atoms with Crippen molar-refractivity contribution in [3.05, 3.63) is 16.6 Å². The average molecular weight is 331 g/mol. The Bertz CT molecular complexity index is 637. The van der Waals surface area contributed by atoms with E-state index in [1.807, 2.05) is 0 Å². The van der Waals surface area contributed by atoms with E-state index in [4.69, 9.17) is 15.4 Å². The highest BCUT2D eigenvalue weighted by atomic mass is 79.9. The summed E-state index contributed by atoms with van der Waals surface area (Å²) in [5.74, 6) is 0. The summed E-state index contributed by atoms with van der Waals surface area (Å²) < 4.78 is 52.6. The van der Waals surface area contributed by atoms with Gasteiger partial charge in [0.1, 0.15) is 0 Å². The molecule has 0 aliphatic heterocycles. The van der Waals surface area contributed by atoms with Crippen molar-refractivity contribution >= 4 is 41.8 Å². The van der Waals surface area contributed by atoms with E-state index in [9.17, 15) is 16.8 Å². The fraction of sp³-hybridized carbons (Fsp3) is 0. The maximum atomic E-state index is 11.1. The van der Waals surface area contributed by atoms with E-state index >= 15 is 0 Å². The molecule has 0 radical (unpaired) electrons. The summed E-state index contributed by atoms with van der Waals surface area (Å²) in [5, 5.41) is 4.85. The summed E-state index contributed by atoms with van der Waals surface area (Å²) in [5.41, 5.74) is 5.20. The average Bonchev–Trinajstić information content (AvgIpc) is 2.05. The number of nitrogens with two attached hydrogens (primary N) is 2. The van der Waals surface area contributed by atoms with E-state index in [1.54, 1.807) is 0 Å². The molecule has 0 unspecified atom stereocenters. The van der Waals surface area contributed by atoms with Crippen molar-refractivity contribution in [2.75, 3.05) is 5.73 Å². The van der Waals surface area contributed by atoms with Crippen LogP contribution in [-0.4, -0.2) is 21.4 Å². The first-order valence-electron chi connectivity index (χ1n) is 3.63. The lowest BCUT2D eigenvalue weighted by Gasteiger charge is -2.07. The number of sulfonamides is 1. The SMILES string of the molecule is Nc1cc(S(=O)(=O)O)cc(S(N)(=O)=O)c1Br. The second-order valence-corrected chi connectivity index (χ2v) is 6.59. The fourth-order valence-electron chi connectivity index (χ4n) is 0.949. The van der Waals surface area contributed by atoms with Gasteiger partial charge >= 0.3 is 0 Å². The highest BCUT2D eigenvalue weighted by Gasteiger charge is 2.20. The minimum absolute atomic E-state index is 0.0533. The molecule has 1 aromatic carbocycles. The quantitative estimate of drug-likeness (QED) is 0.511. The molecule has 0 heterocycles. The van der Waals surface area contributed by atoms with E-state index < -0.39 is 29.9 Å². The highest BCUT2D eigenvalue weighted by Crippen LogP contribution is 2.30. The monoisotopic (exact) mass is 330 g/mol. The molecule has 0 saturated carbocycles. The largest absolute Gasteiger partial charge is 0.398 e. The minimum atomic E-state index is -4.55. The van der Waals surface area contributed by atoms with E-state index in [-0.39, 0.29) is 10.2 Å². The van der Waals surface area contributed by atoms with Gasteiger partial charge in [0.15, 0.2) is 0 Å². The van der Waals surface area contributed by atoms with Crippen LogP contribution in [0.2, 0.25) is 0 Å². The summed E-state index contributed by atoms with van der Waals surface area (Å²) in [6.45, 7) is 0. The maximum absolute atomic E-state index is 11.1. The Hall–Kier alpha value is -0.680. The first-order valence-corrected chi connectivity index (χ1v) is 7.40. The van der Waals surface area contributed by atoms with Gasteiger partial charge < -0.3 is 5.73 Å². The van der Waals surface area contributed by atoms with Crippen molar-refractivity contribution in [1.82, 2.24) is 0 Å². The Labute approximate surface area is 100 Å². The van der Waals surface area contributed by atoms with Crippen LogP contribution in [0.3, 0.4) is 0 Å². The minimum Gasteiger partial charge on any atom is -0.398 e. The van der Waals surface area contributed by atoms with Gasteiger partial charge in [-0.1, -0.05) is 0 Å². The molecule has 0 fully saturated rings. The molecule has 1 aromatic rings. The lowest BCUT2D eigenvalue weighted by molar-refractivity contribution is 0.483. The molecule has 0 atom stereocenters. The second-order valence-electron chi connectivity index (χ2n) is 2.84. The Balaban J connectivity index is 3.72. The van der Waals surface area contributed by atoms with Crippen LogP contribution in [0, 0.1) is 0 Å². The molecule has 1 rings (SSSR count). The van der Waals surface area contributed by atoms with Gasteiger partial charge in [-0.05, 0) is 28.1 Å². The molecule has 0 spiro atoms. The van der Waals surface area contributed by atoms with Gasteiger partial charge in [0.2, 0.25) is 10.0 Å². The van der Waals surface area contributed by atoms with Gasteiger partial charge in [-0.3, -0.25) is 4.55 Å². The highest BCUT2D eigenvalue weighted by molar-refractivity contribution is 9.10. The number of anilines is 1. The first kappa shape index (κ1) is 13.4. The Kier molecular flexibility index (Phi) is 3.32. The van der Waals surface area contributed by atoms with Crippen molar-refractivity contribution in [2.45, 2.75) is 9.79 Å². The molecular formula is C6H7BrN2O5S2. The Morgan fingerprint density at radius 1 is 1.19 bits per heavy atom. The normalized spacial score (nSPS) is 12.7. The molecule has 0 saturated heterocycles. The van der Waals surface area contributed by atoms with E-state index in [0.29, 0.717) is 6.07 Å². The number of rotatable bonds is 2. The van der Waals surface area contributed by atoms with Crippen molar-refractivity contribution in [2.24, 2.45) is 5.14 Å². The summed E-state index contributed by atoms with van der Waals surface area (Å²) >= 11 is 2.86. The van der Waals surface area contributed by atoms with Crippen LogP contribution in [0.4, 0.5) is 5.69 Å². The summed E-state index contributed by atoms with van der Waals surface area (Å²) in [6.07, 6.45) is 0. The van der Waals surface area contributed by atoms with Crippen LogP contribution >= 0.6 is 15.9 Å². The van der Waals surface area contributed by atoms with Gasteiger partial charge in [-0.15, -0.1) is 0 Å². The number of primary sulfonamides is 1. The third-order valence-corrected chi connectivity index (χ3v) is 4.56. The zero-order valence-corrected chi connectivity index (χ0v) is 10.8. The first-order chi connectivity index (χ1) is 7.03. The predicted molar refractivity (Wildman–Crippen MR) is 59.7 cm³/mol. The van der Waals surface area contributed by atoms with Crippen molar-refractivity contribution in [1.29, 1.82) is 0 Å². The van der Waals surface area contributed by atoms with Crippen molar-refractivity contribution in [3.63, 3.8) is 0 Å². The fourth-order valence-corrected chi connectivity index (χ4v) is 3.13. The summed E-state index contributed by atoms with van der Waals surface area (Å²) in [4.78, 5) is -1.16. The molecule has 0 aromatic heterocycles. The van der Waals surface area contributed by atoms with Gasteiger partial charge in [-0.25, -0.2) is 13.6 Å². The number of benzene rings is 1. The van der Waals surface area contributed by atoms with Gasteiger partial charge in [-0.2, -0.15) is 8.42 Å². The smallest absolute Gasteiger partial charge is 0.294 e. The summed E-state index contributed by atoms with van der Waals surface area (Å²) in [6, 6.07) is 1.62. The molecule has 16 heavy (non-hydrogen) atoms. The van der Waals surface area contributed by atoms with Crippen LogP contribution in [0.15, 0.2) is 26.4 Å². The third-order valence-electron chi connectivity index (χ3n) is 1.65. The second kappa shape index (κ2) is 3.96. The van der Waals surface area contributed by atoms with Crippen molar-refractivity contribution < 1.29 is 21.4 Å². The zero-order valence-electron chi connectivity index (χ0n) is 7.58. The number of halogens is 1. The van der Waals surface area contributed by atoms with Gasteiger partial charge in [0.05, 0.1) is 14.3 Å². The molecule has 0 amide bonds. The molecule has 90 valence electrons. The van der Waals surface area contributed by atoms with Crippen LogP contribution in [0.1, 0.15) is 0 Å². The van der Waals surface area contributed by atoms with Crippen LogP contribution < -0.4 is 10.9 Å². The lowest BCUT2D eigenvalue weighted by Crippen LogP contribution is -2.14. The molecular weight excluding hydrogens is 324 g/mol. The van der Waals surface area contributed by atoms with E-state index in [1.165, 1.54) is 0 Å². The topological polar surface area (TPSA) is 141 Å². The van der Waals surface area contributed by atoms with E-state index in [2.05, 4.69) is 15.9 Å². The maximum Gasteiger partial charge on any atom is 0.294 e. The van der Waals surface area contributed by atoms with Crippen LogP contribution in [-0.2, 0) is 20.1 Å². The number of hydrogen-bond donors (Lipinski definition) is 3. The Morgan fingerprint density at radius 2 is 1.69 bits per heavy atom. The Morgan fingerprint density at radius 3 is 2.06 bits per heavy atom. The molecule has 10 heteroatoms. The molecule has 0 aliphatic carbocycles. The predicted octanol–water partition coefficient (Wildman–Crippen LogP) is -0.0746. The summed E-state index contributed by atoms with van der Waals surface area (Å²) in [7, 11) is -8.69. The van der Waals surface area contributed by atoms with Crippen LogP contribution in [0.5, 0.6) is 0 Å². The van der Waals surface area contributed by atoms with Gasteiger partial charge in [0, 0.05) is 5.69 Å². The zero-order chi connectivity index (χ0) is 12.7. The standard InChI is InChI=1S/C6H7BrN2O5S2/c7-6-4(8)1-3(16(12,13)14)2-5(6)15(9,10)11/h1-2H,8H2,(H2,9,10,11)(H,12,13,14). The van der Waals surface area contributed by atoms with E-state index in [0.717, 1.165) is 6.07 Å². The number of hydrogen-bond acceptors (Lipinski definition) is 5. The molecule has 0 aliphatic rings. The third kappa shape index (κ3) is 2.71. The molecule has 5 N–H and O–H groups in total.